The minimum absolute atomic E-state index is 0.000838. The zero-order valence-corrected chi connectivity index (χ0v) is 13.7. The Morgan fingerprint density at radius 2 is 1.96 bits per heavy atom. The lowest BCUT2D eigenvalue weighted by molar-refractivity contribution is -0.139. The normalized spacial score (nSPS) is 15.7. The van der Waals surface area contributed by atoms with Gasteiger partial charge in [-0.05, 0) is 27.2 Å². The van der Waals surface area contributed by atoms with Crippen molar-refractivity contribution in [1.82, 2.24) is 9.91 Å². The van der Waals surface area contributed by atoms with Crippen molar-refractivity contribution in [2.75, 3.05) is 20.1 Å². The van der Waals surface area contributed by atoms with E-state index < -0.39 is 24.3 Å². The quantitative estimate of drug-likeness (QED) is 0.775. The van der Waals surface area contributed by atoms with E-state index in [0.29, 0.717) is 5.71 Å². The molecule has 1 heterocycles. The van der Waals surface area contributed by atoms with Gasteiger partial charge in [0.15, 0.2) is 0 Å². The lowest BCUT2D eigenvalue weighted by Gasteiger charge is -2.24. The molecular weight excluding hydrogens is 315 g/mol. The van der Waals surface area contributed by atoms with E-state index in [0.717, 1.165) is 5.01 Å². The third-order valence-electron chi connectivity index (χ3n) is 2.86. The van der Waals surface area contributed by atoms with Crippen LogP contribution in [0.1, 0.15) is 40.0 Å². The molecule has 0 aromatic rings. The molecule has 0 spiro atoms. The van der Waals surface area contributed by atoms with Gasteiger partial charge in [-0.3, -0.25) is 4.79 Å². The summed E-state index contributed by atoms with van der Waals surface area (Å²) in [7, 11) is 1.51. The predicted molar refractivity (Wildman–Crippen MR) is 77.9 cm³/mol. The highest BCUT2D eigenvalue weighted by atomic mass is 19.4. The molecule has 0 radical (unpaired) electrons. The van der Waals surface area contributed by atoms with Gasteiger partial charge >= 0.3 is 12.3 Å². The summed E-state index contributed by atoms with van der Waals surface area (Å²) in [6, 6.07) is 0. The fraction of sp³-hybridized carbons (Fsp3) is 0.786. The van der Waals surface area contributed by atoms with Crippen molar-refractivity contribution in [3.05, 3.63) is 0 Å². The van der Waals surface area contributed by atoms with Crippen LogP contribution < -0.4 is 0 Å². The van der Waals surface area contributed by atoms with E-state index in [4.69, 9.17) is 4.74 Å². The van der Waals surface area contributed by atoms with E-state index in [1.807, 2.05) is 0 Å². The standard InChI is InChI=1S/C14H22F3N3O3/c1-13(2,3)23-12(22)19(4)9-10-8-11(21)20(18-10)7-5-6-14(15,16)17/h5-9H2,1-4H3. The second-order valence-electron chi connectivity index (χ2n) is 6.42. The van der Waals surface area contributed by atoms with Gasteiger partial charge in [-0.15, -0.1) is 0 Å². The number of amides is 2. The highest BCUT2D eigenvalue weighted by Crippen LogP contribution is 2.22. The van der Waals surface area contributed by atoms with Crippen molar-refractivity contribution >= 4 is 17.7 Å². The molecule has 0 aromatic carbocycles. The Hall–Kier alpha value is -1.80. The Morgan fingerprint density at radius 3 is 2.48 bits per heavy atom. The maximum absolute atomic E-state index is 12.1. The van der Waals surface area contributed by atoms with Crippen LogP contribution in [0.5, 0.6) is 0 Å². The summed E-state index contributed by atoms with van der Waals surface area (Å²) in [4.78, 5) is 24.8. The van der Waals surface area contributed by atoms with Crippen LogP contribution in [0.4, 0.5) is 18.0 Å². The molecule has 0 bridgehead atoms. The fourth-order valence-electron chi connectivity index (χ4n) is 1.90. The van der Waals surface area contributed by atoms with Gasteiger partial charge in [0.1, 0.15) is 5.60 Å². The van der Waals surface area contributed by atoms with Gasteiger partial charge in [-0.2, -0.15) is 18.3 Å². The third kappa shape index (κ3) is 7.34. The van der Waals surface area contributed by atoms with Crippen LogP contribution in [0.3, 0.4) is 0 Å². The minimum atomic E-state index is -4.24. The van der Waals surface area contributed by atoms with Crippen LogP contribution >= 0.6 is 0 Å². The van der Waals surface area contributed by atoms with Crippen LogP contribution in [0, 0.1) is 0 Å². The largest absolute Gasteiger partial charge is 0.444 e. The van der Waals surface area contributed by atoms with Gasteiger partial charge in [0.05, 0.1) is 18.7 Å². The Bertz CT molecular complexity index is 484. The molecule has 1 rings (SSSR count). The molecule has 0 unspecified atom stereocenters. The minimum Gasteiger partial charge on any atom is -0.444 e. The molecule has 23 heavy (non-hydrogen) atoms. The summed E-state index contributed by atoms with van der Waals surface area (Å²) in [5.41, 5.74) is -0.210. The Kier molecular flexibility index (Phi) is 6.01. The number of nitrogens with zero attached hydrogens (tertiary/aromatic N) is 3. The molecular formula is C14H22F3N3O3. The van der Waals surface area contributed by atoms with Gasteiger partial charge in [0, 0.05) is 20.0 Å². The van der Waals surface area contributed by atoms with Crippen molar-refractivity contribution in [3.63, 3.8) is 0 Å². The average molecular weight is 337 g/mol. The topological polar surface area (TPSA) is 62.2 Å². The summed E-state index contributed by atoms with van der Waals surface area (Å²) in [5, 5.41) is 5.02. The lowest BCUT2D eigenvalue weighted by atomic mass is 10.2. The van der Waals surface area contributed by atoms with Gasteiger partial charge in [-0.1, -0.05) is 0 Å². The molecule has 0 aliphatic carbocycles. The number of alkyl halides is 3. The molecule has 0 N–H and O–H groups in total. The molecule has 9 heteroatoms. The first-order valence-corrected chi connectivity index (χ1v) is 7.25. The summed E-state index contributed by atoms with van der Waals surface area (Å²) >= 11 is 0. The number of hydrogen-bond acceptors (Lipinski definition) is 4. The van der Waals surface area contributed by atoms with Gasteiger partial charge in [0.2, 0.25) is 5.91 Å². The molecule has 132 valence electrons. The maximum Gasteiger partial charge on any atom is 0.410 e. The third-order valence-corrected chi connectivity index (χ3v) is 2.86. The van der Waals surface area contributed by atoms with E-state index in [2.05, 4.69) is 5.10 Å². The van der Waals surface area contributed by atoms with Crippen LogP contribution in [-0.4, -0.2) is 59.5 Å². The monoisotopic (exact) mass is 337 g/mol. The van der Waals surface area contributed by atoms with Gasteiger partial charge in [0.25, 0.3) is 0 Å². The lowest BCUT2D eigenvalue weighted by Crippen LogP contribution is -2.37. The van der Waals surface area contributed by atoms with Crippen LogP contribution in [0.15, 0.2) is 5.10 Å². The number of hydrogen-bond donors (Lipinski definition) is 0. The summed E-state index contributed by atoms with van der Waals surface area (Å²) in [6.07, 6.45) is -5.96. The van der Waals surface area contributed by atoms with Crippen molar-refractivity contribution in [3.8, 4) is 0 Å². The molecule has 0 saturated carbocycles. The van der Waals surface area contributed by atoms with E-state index >= 15 is 0 Å². The molecule has 0 atom stereocenters. The van der Waals surface area contributed by atoms with Crippen LogP contribution in [0.2, 0.25) is 0 Å². The van der Waals surface area contributed by atoms with Gasteiger partial charge in [-0.25, -0.2) is 9.80 Å². The highest BCUT2D eigenvalue weighted by molar-refractivity contribution is 6.06. The van der Waals surface area contributed by atoms with Crippen LogP contribution in [0.25, 0.3) is 0 Å². The second-order valence-corrected chi connectivity index (χ2v) is 6.42. The highest BCUT2D eigenvalue weighted by Gasteiger charge is 2.30. The predicted octanol–water partition coefficient (Wildman–Crippen LogP) is 2.78. The van der Waals surface area contributed by atoms with E-state index in [-0.39, 0.29) is 31.8 Å². The number of carbonyl (C=O) groups is 2. The summed E-state index contributed by atoms with van der Waals surface area (Å²) in [5.74, 6) is -0.361. The Morgan fingerprint density at radius 1 is 1.35 bits per heavy atom. The zero-order valence-electron chi connectivity index (χ0n) is 13.7. The first-order chi connectivity index (χ1) is 10.4. The average Bonchev–Trinajstić information content (AvgIpc) is 2.66. The first kappa shape index (κ1) is 19.2. The molecule has 0 fully saturated rings. The zero-order chi connectivity index (χ0) is 17.8. The van der Waals surface area contributed by atoms with E-state index in [9.17, 15) is 22.8 Å². The van der Waals surface area contributed by atoms with Crippen molar-refractivity contribution in [2.24, 2.45) is 5.10 Å². The van der Waals surface area contributed by atoms with Crippen molar-refractivity contribution in [2.45, 2.75) is 51.8 Å². The Labute approximate surface area is 133 Å². The SMILES string of the molecule is CN(CC1=NN(CCCC(F)(F)F)C(=O)C1)C(=O)OC(C)(C)C. The molecule has 0 saturated heterocycles. The summed E-state index contributed by atoms with van der Waals surface area (Å²) < 4.78 is 41.5. The smallest absolute Gasteiger partial charge is 0.410 e. The molecule has 2 amide bonds. The van der Waals surface area contributed by atoms with Crippen LogP contribution in [-0.2, 0) is 9.53 Å². The number of carbonyl (C=O) groups excluding carboxylic acids is 2. The summed E-state index contributed by atoms with van der Waals surface area (Å²) in [6.45, 7) is 5.21. The molecule has 1 aliphatic heterocycles. The second kappa shape index (κ2) is 7.18. The number of ether oxygens (including phenoxy) is 1. The first-order valence-electron chi connectivity index (χ1n) is 7.25. The molecule has 0 aromatic heterocycles. The molecule has 1 aliphatic rings. The number of hydrazone groups is 1. The van der Waals surface area contributed by atoms with E-state index in [1.54, 1.807) is 20.8 Å². The Balaban J connectivity index is 2.50. The van der Waals surface area contributed by atoms with Crippen molar-refractivity contribution < 1.29 is 27.5 Å². The van der Waals surface area contributed by atoms with E-state index in [1.165, 1.54) is 11.9 Å². The van der Waals surface area contributed by atoms with Crippen molar-refractivity contribution in [1.29, 1.82) is 0 Å². The number of rotatable bonds is 5. The maximum atomic E-state index is 12.1. The fourth-order valence-corrected chi connectivity index (χ4v) is 1.90. The van der Waals surface area contributed by atoms with Gasteiger partial charge < -0.3 is 9.64 Å². The number of halogens is 3. The molecule has 6 nitrogen and oxygen atoms in total.